The SMILES string of the molecule is CC1CC(N)CN(c2nnccc2C#N)C1. The fraction of sp³-hybridized carbons (Fsp3) is 0.545. The molecule has 5 nitrogen and oxygen atoms in total. The van der Waals surface area contributed by atoms with Gasteiger partial charge in [-0.05, 0) is 18.4 Å². The number of anilines is 1. The molecule has 0 aromatic carbocycles. The van der Waals surface area contributed by atoms with Crippen LogP contribution in [0.15, 0.2) is 12.3 Å². The van der Waals surface area contributed by atoms with Crippen molar-refractivity contribution in [2.24, 2.45) is 11.7 Å². The molecule has 2 heterocycles. The molecule has 0 amide bonds. The van der Waals surface area contributed by atoms with Gasteiger partial charge in [0, 0.05) is 19.1 Å². The van der Waals surface area contributed by atoms with Crippen LogP contribution in [0.4, 0.5) is 5.82 Å². The van der Waals surface area contributed by atoms with Crippen molar-refractivity contribution in [1.29, 1.82) is 5.26 Å². The zero-order chi connectivity index (χ0) is 11.5. The lowest BCUT2D eigenvalue weighted by molar-refractivity contribution is 0.399. The normalized spacial score (nSPS) is 25.2. The van der Waals surface area contributed by atoms with Crippen LogP contribution >= 0.6 is 0 Å². The van der Waals surface area contributed by atoms with E-state index >= 15 is 0 Å². The fourth-order valence-corrected chi connectivity index (χ4v) is 2.22. The molecule has 1 saturated heterocycles. The molecular weight excluding hydrogens is 202 g/mol. The fourth-order valence-electron chi connectivity index (χ4n) is 2.22. The van der Waals surface area contributed by atoms with E-state index in [0.29, 0.717) is 17.3 Å². The van der Waals surface area contributed by atoms with Crippen molar-refractivity contribution in [2.45, 2.75) is 19.4 Å². The van der Waals surface area contributed by atoms with E-state index in [1.165, 1.54) is 6.20 Å². The molecule has 5 heteroatoms. The average molecular weight is 217 g/mol. The Labute approximate surface area is 94.9 Å². The predicted molar refractivity (Wildman–Crippen MR) is 60.7 cm³/mol. The molecular formula is C11H15N5. The Kier molecular flexibility index (Phi) is 3.02. The number of nitrogens with two attached hydrogens (primary N) is 1. The third-order valence-electron chi connectivity index (χ3n) is 2.81. The first-order valence-corrected chi connectivity index (χ1v) is 5.43. The second kappa shape index (κ2) is 4.45. The molecule has 1 aliphatic heterocycles. The van der Waals surface area contributed by atoms with Gasteiger partial charge < -0.3 is 10.6 Å². The summed E-state index contributed by atoms with van der Waals surface area (Å²) in [6, 6.07) is 3.98. The summed E-state index contributed by atoms with van der Waals surface area (Å²) in [7, 11) is 0. The number of rotatable bonds is 1. The van der Waals surface area contributed by atoms with Gasteiger partial charge in [-0.1, -0.05) is 6.92 Å². The van der Waals surface area contributed by atoms with Gasteiger partial charge in [-0.25, -0.2) is 0 Å². The first kappa shape index (κ1) is 10.8. The van der Waals surface area contributed by atoms with Crippen LogP contribution in [-0.2, 0) is 0 Å². The third kappa shape index (κ3) is 2.12. The van der Waals surface area contributed by atoms with E-state index in [1.807, 2.05) is 0 Å². The molecule has 2 rings (SSSR count). The van der Waals surface area contributed by atoms with Gasteiger partial charge in [-0.15, -0.1) is 5.10 Å². The van der Waals surface area contributed by atoms with Crippen molar-refractivity contribution in [3.05, 3.63) is 17.8 Å². The Morgan fingerprint density at radius 3 is 3.06 bits per heavy atom. The van der Waals surface area contributed by atoms with Crippen molar-refractivity contribution in [1.82, 2.24) is 10.2 Å². The summed E-state index contributed by atoms with van der Waals surface area (Å²) in [6.45, 7) is 3.80. The smallest absolute Gasteiger partial charge is 0.169 e. The highest BCUT2D eigenvalue weighted by Gasteiger charge is 2.24. The summed E-state index contributed by atoms with van der Waals surface area (Å²) in [6.07, 6.45) is 2.56. The molecule has 1 aromatic rings. The molecule has 2 unspecified atom stereocenters. The molecule has 1 aromatic heterocycles. The number of nitriles is 1. The number of hydrogen-bond acceptors (Lipinski definition) is 5. The Balaban J connectivity index is 2.26. The molecule has 2 N–H and O–H groups in total. The van der Waals surface area contributed by atoms with Gasteiger partial charge in [0.1, 0.15) is 6.07 Å². The summed E-state index contributed by atoms with van der Waals surface area (Å²) in [4.78, 5) is 2.06. The second-order valence-electron chi connectivity index (χ2n) is 4.39. The van der Waals surface area contributed by atoms with Gasteiger partial charge in [0.25, 0.3) is 0 Å². The van der Waals surface area contributed by atoms with E-state index in [-0.39, 0.29) is 6.04 Å². The summed E-state index contributed by atoms with van der Waals surface area (Å²) in [5.74, 6) is 1.18. The lowest BCUT2D eigenvalue weighted by atomic mass is 9.96. The van der Waals surface area contributed by atoms with Crippen LogP contribution in [0.5, 0.6) is 0 Å². The molecule has 0 saturated carbocycles. The van der Waals surface area contributed by atoms with Crippen LogP contribution in [-0.4, -0.2) is 29.3 Å². The van der Waals surface area contributed by atoms with Gasteiger partial charge in [0.05, 0.1) is 11.8 Å². The first-order valence-electron chi connectivity index (χ1n) is 5.43. The van der Waals surface area contributed by atoms with Crippen molar-refractivity contribution >= 4 is 5.82 Å². The molecule has 2 atom stereocenters. The Morgan fingerprint density at radius 2 is 2.38 bits per heavy atom. The molecule has 0 spiro atoms. The molecule has 84 valence electrons. The standard InChI is InChI=1S/C11H15N5/c1-8-4-10(13)7-16(6-8)11-9(5-12)2-3-14-15-11/h2-3,8,10H,4,6-7,13H2,1H3. The Hall–Kier alpha value is -1.67. The number of aromatic nitrogens is 2. The van der Waals surface area contributed by atoms with Crippen LogP contribution in [0, 0.1) is 17.2 Å². The van der Waals surface area contributed by atoms with Crippen LogP contribution in [0.25, 0.3) is 0 Å². The number of nitrogens with zero attached hydrogens (tertiary/aromatic N) is 4. The van der Waals surface area contributed by atoms with Crippen molar-refractivity contribution in [2.75, 3.05) is 18.0 Å². The Morgan fingerprint density at radius 1 is 1.56 bits per heavy atom. The van der Waals surface area contributed by atoms with Crippen molar-refractivity contribution in [3.63, 3.8) is 0 Å². The lowest BCUT2D eigenvalue weighted by Crippen LogP contribution is -2.47. The maximum Gasteiger partial charge on any atom is 0.169 e. The first-order chi connectivity index (χ1) is 7.70. The van der Waals surface area contributed by atoms with E-state index in [9.17, 15) is 0 Å². The number of piperidine rings is 1. The van der Waals surface area contributed by atoms with E-state index in [1.54, 1.807) is 6.07 Å². The average Bonchev–Trinajstić information content (AvgIpc) is 2.27. The molecule has 1 fully saturated rings. The second-order valence-corrected chi connectivity index (χ2v) is 4.39. The van der Waals surface area contributed by atoms with Crippen LogP contribution in [0.1, 0.15) is 18.9 Å². The minimum absolute atomic E-state index is 0.150. The van der Waals surface area contributed by atoms with Gasteiger partial charge in [0.2, 0.25) is 0 Å². The summed E-state index contributed by atoms with van der Waals surface area (Å²) in [5.41, 5.74) is 6.54. The van der Waals surface area contributed by atoms with E-state index in [0.717, 1.165) is 19.5 Å². The van der Waals surface area contributed by atoms with Crippen molar-refractivity contribution < 1.29 is 0 Å². The molecule has 0 radical (unpaired) electrons. The minimum atomic E-state index is 0.150. The van der Waals surface area contributed by atoms with Crippen LogP contribution < -0.4 is 10.6 Å². The monoisotopic (exact) mass is 217 g/mol. The maximum atomic E-state index is 9.01. The molecule has 0 bridgehead atoms. The zero-order valence-electron chi connectivity index (χ0n) is 9.30. The van der Waals surface area contributed by atoms with E-state index in [4.69, 9.17) is 11.0 Å². The zero-order valence-corrected chi connectivity index (χ0v) is 9.30. The Bertz CT molecular complexity index is 401. The maximum absolute atomic E-state index is 9.01. The molecule has 0 aliphatic carbocycles. The van der Waals surface area contributed by atoms with Gasteiger partial charge in [0.15, 0.2) is 5.82 Å². The number of hydrogen-bond donors (Lipinski definition) is 1. The minimum Gasteiger partial charge on any atom is -0.352 e. The molecule has 1 aliphatic rings. The van der Waals surface area contributed by atoms with Gasteiger partial charge in [-0.3, -0.25) is 0 Å². The van der Waals surface area contributed by atoms with Crippen LogP contribution in [0.3, 0.4) is 0 Å². The van der Waals surface area contributed by atoms with Crippen LogP contribution in [0.2, 0.25) is 0 Å². The largest absolute Gasteiger partial charge is 0.352 e. The summed E-state index contributed by atoms with van der Waals surface area (Å²) >= 11 is 0. The summed E-state index contributed by atoms with van der Waals surface area (Å²) < 4.78 is 0. The predicted octanol–water partition coefficient (Wildman–Crippen LogP) is 0.522. The highest BCUT2D eigenvalue weighted by atomic mass is 15.3. The topological polar surface area (TPSA) is 78.8 Å². The van der Waals surface area contributed by atoms with Crippen molar-refractivity contribution in [3.8, 4) is 6.07 Å². The highest BCUT2D eigenvalue weighted by Crippen LogP contribution is 2.22. The van der Waals surface area contributed by atoms with E-state index in [2.05, 4.69) is 28.1 Å². The highest BCUT2D eigenvalue weighted by molar-refractivity contribution is 5.52. The lowest BCUT2D eigenvalue weighted by Gasteiger charge is -2.35. The van der Waals surface area contributed by atoms with Gasteiger partial charge >= 0.3 is 0 Å². The molecule has 16 heavy (non-hydrogen) atoms. The van der Waals surface area contributed by atoms with Gasteiger partial charge in [-0.2, -0.15) is 10.4 Å². The summed E-state index contributed by atoms with van der Waals surface area (Å²) in [5, 5.41) is 16.9. The third-order valence-corrected chi connectivity index (χ3v) is 2.81. The quantitative estimate of drug-likeness (QED) is 0.742. The van der Waals surface area contributed by atoms with E-state index < -0.39 is 0 Å².